The molecule has 0 bridgehead atoms. The summed E-state index contributed by atoms with van der Waals surface area (Å²) in [6.45, 7) is 2.24. The molecule has 1 unspecified atom stereocenters. The lowest BCUT2D eigenvalue weighted by molar-refractivity contribution is -0.137. The van der Waals surface area contributed by atoms with E-state index in [-0.39, 0.29) is 24.9 Å². The zero-order chi connectivity index (χ0) is 11.7. The lowest BCUT2D eigenvalue weighted by Crippen LogP contribution is -2.24. The summed E-state index contributed by atoms with van der Waals surface area (Å²) in [5, 5.41) is 20.0. The van der Waals surface area contributed by atoms with Crippen LogP contribution in [0.2, 0.25) is 0 Å². The number of carboxylic acids is 1. The van der Waals surface area contributed by atoms with Gasteiger partial charge in [0.25, 0.3) is 0 Å². The zero-order valence-electron chi connectivity index (χ0n) is 9.03. The van der Waals surface area contributed by atoms with E-state index in [1.54, 1.807) is 6.92 Å². The highest BCUT2D eigenvalue weighted by Gasteiger charge is 2.03. The summed E-state index contributed by atoms with van der Waals surface area (Å²) in [5.41, 5.74) is 0. The van der Waals surface area contributed by atoms with Crippen molar-refractivity contribution in [3.8, 4) is 0 Å². The summed E-state index contributed by atoms with van der Waals surface area (Å²) in [6.07, 6.45) is 1.71. The number of rotatable bonds is 8. The largest absolute Gasteiger partial charge is 0.481 e. The quantitative estimate of drug-likeness (QED) is 0.517. The van der Waals surface area contributed by atoms with Crippen molar-refractivity contribution >= 4 is 11.9 Å². The molecule has 0 aliphatic carbocycles. The number of aliphatic hydroxyl groups is 1. The van der Waals surface area contributed by atoms with Crippen molar-refractivity contribution in [2.24, 2.45) is 0 Å². The first-order valence-electron chi connectivity index (χ1n) is 5.19. The van der Waals surface area contributed by atoms with E-state index in [1.807, 2.05) is 0 Å². The van der Waals surface area contributed by atoms with Crippen molar-refractivity contribution in [1.82, 2.24) is 5.32 Å². The molecule has 0 heterocycles. The van der Waals surface area contributed by atoms with Crippen LogP contribution in [0.1, 0.15) is 39.0 Å². The molecule has 0 spiro atoms. The Balaban J connectivity index is 3.30. The third-order valence-corrected chi connectivity index (χ3v) is 1.92. The third-order valence-electron chi connectivity index (χ3n) is 1.92. The molecule has 0 aromatic carbocycles. The molecule has 0 saturated carbocycles. The standard InChI is InChI=1S/C10H19NO4/c1-8(12)4-3-7-11-9(13)5-2-6-10(14)15/h8,12H,2-7H2,1H3,(H,11,13)(H,14,15). The van der Waals surface area contributed by atoms with Crippen molar-refractivity contribution < 1.29 is 19.8 Å². The highest BCUT2D eigenvalue weighted by molar-refractivity contribution is 5.76. The van der Waals surface area contributed by atoms with E-state index in [1.165, 1.54) is 0 Å². The van der Waals surface area contributed by atoms with E-state index in [4.69, 9.17) is 10.2 Å². The smallest absolute Gasteiger partial charge is 0.303 e. The second kappa shape index (κ2) is 8.23. The fraction of sp³-hybridized carbons (Fsp3) is 0.800. The summed E-state index contributed by atoms with van der Waals surface area (Å²) < 4.78 is 0. The number of hydrogen-bond donors (Lipinski definition) is 3. The van der Waals surface area contributed by atoms with Crippen LogP contribution in [-0.4, -0.2) is 34.7 Å². The molecule has 5 nitrogen and oxygen atoms in total. The van der Waals surface area contributed by atoms with Crippen LogP contribution >= 0.6 is 0 Å². The van der Waals surface area contributed by atoms with Gasteiger partial charge in [-0.05, 0) is 26.2 Å². The van der Waals surface area contributed by atoms with E-state index in [9.17, 15) is 9.59 Å². The van der Waals surface area contributed by atoms with Gasteiger partial charge in [-0.1, -0.05) is 0 Å². The molecule has 1 atom stereocenters. The van der Waals surface area contributed by atoms with E-state index >= 15 is 0 Å². The van der Waals surface area contributed by atoms with E-state index in [2.05, 4.69) is 5.32 Å². The molecule has 15 heavy (non-hydrogen) atoms. The molecule has 0 aromatic rings. The van der Waals surface area contributed by atoms with Crippen molar-refractivity contribution in [1.29, 1.82) is 0 Å². The number of hydrogen-bond acceptors (Lipinski definition) is 3. The summed E-state index contributed by atoms with van der Waals surface area (Å²) in [6, 6.07) is 0. The number of aliphatic hydroxyl groups excluding tert-OH is 1. The number of carbonyl (C=O) groups excluding carboxylic acids is 1. The average molecular weight is 217 g/mol. The number of amides is 1. The molecule has 0 saturated heterocycles. The first kappa shape index (κ1) is 13.9. The minimum absolute atomic E-state index is 0.0289. The molecule has 0 aromatic heterocycles. The molecule has 0 rings (SSSR count). The fourth-order valence-electron chi connectivity index (χ4n) is 1.11. The Morgan fingerprint density at radius 2 is 1.93 bits per heavy atom. The maximum atomic E-state index is 11.1. The van der Waals surface area contributed by atoms with Crippen LogP contribution in [0.5, 0.6) is 0 Å². The van der Waals surface area contributed by atoms with Gasteiger partial charge in [-0.2, -0.15) is 0 Å². The van der Waals surface area contributed by atoms with Crippen molar-refractivity contribution in [3.63, 3.8) is 0 Å². The van der Waals surface area contributed by atoms with Crippen LogP contribution in [0, 0.1) is 0 Å². The van der Waals surface area contributed by atoms with Gasteiger partial charge in [0.15, 0.2) is 0 Å². The average Bonchev–Trinajstić information content (AvgIpc) is 2.11. The Hall–Kier alpha value is -1.10. The molecule has 0 aliphatic rings. The van der Waals surface area contributed by atoms with Crippen LogP contribution < -0.4 is 5.32 Å². The summed E-state index contributed by atoms with van der Waals surface area (Å²) in [5.74, 6) is -1.00. The molecular weight excluding hydrogens is 198 g/mol. The summed E-state index contributed by atoms with van der Waals surface area (Å²) >= 11 is 0. The first-order chi connectivity index (χ1) is 7.02. The third kappa shape index (κ3) is 10.8. The molecule has 0 radical (unpaired) electrons. The number of aliphatic carboxylic acids is 1. The fourth-order valence-corrected chi connectivity index (χ4v) is 1.11. The van der Waals surface area contributed by atoms with Gasteiger partial charge in [0.05, 0.1) is 6.10 Å². The summed E-state index contributed by atoms with van der Waals surface area (Å²) in [4.78, 5) is 21.3. The van der Waals surface area contributed by atoms with Gasteiger partial charge >= 0.3 is 5.97 Å². The van der Waals surface area contributed by atoms with Gasteiger partial charge in [0.1, 0.15) is 0 Å². The lowest BCUT2D eigenvalue weighted by atomic mass is 10.2. The van der Waals surface area contributed by atoms with Crippen LogP contribution in [-0.2, 0) is 9.59 Å². The Bertz CT molecular complexity index is 204. The summed E-state index contributed by atoms with van der Waals surface area (Å²) in [7, 11) is 0. The molecule has 0 aliphatic heterocycles. The van der Waals surface area contributed by atoms with Gasteiger partial charge in [-0.15, -0.1) is 0 Å². The number of carboxylic acid groups (broad SMARTS) is 1. The zero-order valence-corrected chi connectivity index (χ0v) is 9.03. The normalized spacial score (nSPS) is 12.1. The number of carbonyl (C=O) groups is 2. The highest BCUT2D eigenvalue weighted by Crippen LogP contribution is 1.96. The van der Waals surface area contributed by atoms with Gasteiger partial charge in [0.2, 0.25) is 5.91 Å². The van der Waals surface area contributed by atoms with Crippen LogP contribution in [0.25, 0.3) is 0 Å². The van der Waals surface area contributed by atoms with Crippen LogP contribution in [0.4, 0.5) is 0 Å². The Morgan fingerprint density at radius 1 is 1.27 bits per heavy atom. The molecular formula is C10H19NO4. The second-order valence-corrected chi connectivity index (χ2v) is 3.59. The van der Waals surface area contributed by atoms with Crippen molar-refractivity contribution in [2.75, 3.05) is 6.54 Å². The maximum Gasteiger partial charge on any atom is 0.303 e. The Morgan fingerprint density at radius 3 is 2.47 bits per heavy atom. The lowest BCUT2D eigenvalue weighted by Gasteiger charge is -2.05. The van der Waals surface area contributed by atoms with Crippen molar-refractivity contribution in [3.05, 3.63) is 0 Å². The minimum Gasteiger partial charge on any atom is -0.481 e. The molecule has 88 valence electrons. The monoisotopic (exact) mass is 217 g/mol. The van der Waals surface area contributed by atoms with E-state index in [0.717, 1.165) is 6.42 Å². The number of nitrogens with one attached hydrogen (secondary N) is 1. The molecule has 3 N–H and O–H groups in total. The minimum atomic E-state index is -0.878. The second-order valence-electron chi connectivity index (χ2n) is 3.59. The molecule has 5 heteroatoms. The van der Waals surface area contributed by atoms with Crippen LogP contribution in [0.15, 0.2) is 0 Å². The van der Waals surface area contributed by atoms with E-state index in [0.29, 0.717) is 19.4 Å². The SMILES string of the molecule is CC(O)CCCNC(=O)CCCC(=O)O. The maximum absolute atomic E-state index is 11.1. The molecule has 1 amide bonds. The predicted octanol–water partition coefficient (Wildman–Crippen LogP) is 0.518. The highest BCUT2D eigenvalue weighted by atomic mass is 16.4. The van der Waals surface area contributed by atoms with E-state index < -0.39 is 5.97 Å². The Kier molecular flexibility index (Phi) is 7.62. The van der Waals surface area contributed by atoms with Crippen LogP contribution in [0.3, 0.4) is 0 Å². The molecule has 0 fully saturated rings. The van der Waals surface area contributed by atoms with Gasteiger partial charge in [-0.3, -0.25) is 9.59 Å². The predicted molar refractivity (Wildman–Crippen MR) is 55.4 cm³/mol. The Labute approximate surface area is 89.5 Å². The van der Waals surface area contributed by atoms with Gasteiger partial charge in [0, 0.05) is 19.4 Å². The van der Waals surface area contributed by atoms with Gasteiger partial charge in [-0.25, -0.2) is 0 Å². The van der Waals surface area contributed by atoms with Crippen molar-refractivity contribution in [2.45, 2.75) is 45.1 Å². The topological polar surface area (TPSA) is 86.6 Å². The first-order valence-corrected chi connectivity index (χ1v) is 5.19. The van der Waals surface area contributed by atoms with Gasteiger partial charge < -0.3 is 15.5 Å².